The van der Waals surface area contributed by atoms with Crippen molar-refractivity contribution < 1.29 is 26.0 Å². The van der Waals surface area contributed by atoms with Crippen molar-refractivity contribution in [3.05, 3.63) is 54.1 Å². The lowest BCUT2D eigenvalue weighted by molar-refractivity contribution is 0.102. The van der Waals surface area contributed by atoms with Crippen LogP contribution in [-0.4, -0.2) is 57.6 Å². The Kier molecular flexibility index (Phi) is 5.74. The van der Waals surface area contributed by atoms with E-state index < -0.39 is 25.8 Å². The van der Waals surface area contributed by atoms with Gasteiger partial charge in [-0.15, -0.1) is 5.10 Å². The molecule has 0 aliphatic carbocycles. The lowest BCUT2D eigenvalue weighted by Gasteiger charge is -2.11. The fraction of sp³-hybridized carbons (Fsp3) is 0.167. The number of anilines is 1. The zero-order chi connectivity index (χ0) is 22.1. The molecule has 0 unspecified atom stereocenters. The summed E-state index contributed by atoms with van der Waals surface area (Å²) >= 11 is 0. The maximum atomic E-state index is 12.3. The second-order valence-corrected chi connectivity index (χ2v) is 10.6. The van der Waals surface area contributed by atoms with E-state index in [1.165, 1.54) is 62.6 Å². The van der Waals surface area contributed by atoms with E-state index in [2.05, 4.69) is 15.5 Å². The van der Waals surface area contributed by atoms with Gasteiger partial charge in [-0.25, -0.2) is 21.1 Å². The SMILES string of the molecule is CN(C)S(=O)(=O)c1ccc(C(=O)Nc2nnc(-c3ccc(S(C)(=O)=O)cc3)o2)cc1. The number of sulfonamides is 1. The van der Waals surface area contributed by atoms with Crippen molar-refractivity contribution in [2.45, 2.75) is 9.79 Å². The lowest BCUT2D eigenvalue weighted by atomic mass is 10.2. The highest BCUT2D eigenvalue weighted by Gasteiger charge is 2.18. The van der Waals surface area contributed by atoms with E-state index in [4.69, 9.17) is 4.42 Å². The van der Waals surface area contributed by atoms with Crippen molar-refractivity contribution >= 4 is 31.8 Å². The van der Waals surface area contributed by atoms with Crippen molar-refractivity contribution in [1.82, 2.24) is 14.5 Å². The highest BCUT2D eigenvalue weighted by Crippen LogP contribution is 2.22. The molecule has 3 rings (SSSR count). The molecule has 12 heteroatoms. The zero-order valence-corrected chi connectivity index (χ0v) is 17.9. The van der Waals surface area contributed by atoms with Gasteiger partial charge in [0, 0.05) is 31.5 Å². The number of amides is 1. The normalized spacial score (nSPS) is 12.1. The van der Waals surface area contributed by atoms with Crippen LogP contribution in [0.1, 0.15) is 10.4 Å². The van der Waals surface area contributed by atoms with E-state index in [-0.39, 0.29) is 27.3 Å². The summed E-state index contributed by atoms with van der Waals surface area (Å²) in [5, 5.41) is 10.00. The van der Waals surface area contributed by atoms with E-state index in [0.29, 0.717) is 5.56 Å². The number of nitrogens with zero attached hydrogens (tertiary/aromatic N) is 3. The molecule has 0 aliphatic heterocycles. The van der Waals surface area contributed by atoms with E-state index >= 15 is 0 Å². The predicted molar refractivity (Wildman–Crippen MR) is 108 cm³/mol. The molecule has 0 saturated carbocycles. The van der Waals surface area contributed by atoms with Crippen LogP contribution in [0, 0.1) is 0 Å². The van der Waals surface area contributed by atoms with Gasteiger partial charge in [-0.2, -0.15) is 0 Å². The van der Waals surface area contributed by atoms with Crippen LogP contribution in [0.2, 0.25) is 0 Å². The third-order valence-corrected chi connectivity index (χ3v) is 7.03. The fourth-order valence-electron chi connectivity index (χ4n) is 2.39. The molecule has 0 saturated heterocycles. The number of aromatic nitrogens is 2. The first-order valence-electron chi connectivity index (χ1n) is 8.46. The van der Waals surface area contributed by atoms with E-state index in [0.717, 1.165) is 10.6 Å². The molecule has 0 fully saturated rings. The Morgan fingerprint density at radius 1 is 0.900 bits per heavy atom. The Labute approximate surface area is 173 Å². The molecule has 10 nitrogen and oxygen atoms in total. The Balaban J connectivity index is 1.74. The maximum Gasteiger partial charge on any atom is 0.322 e. The smallest absolute Gasteiger partial charge is 0.322 e. The molecule has 0 bridgehead atoms. The minimum Gasteiger partial charge on any atom is -0.403 e. The molecule has 1 heterocycles. The molecule has 0 radical (unpaired) electrons. The molecule has 158 valence electrons. The molecule has 2 aromatic carbocycles. The van der Waals surface area contributed by atoms with Gasteiger partial charge in [0.1, 0.15) is 0 Å². The Hall–Kier alpha value is -3.09. The van der Waals surface area contributed by atoms with Crippen LogP contribution in [0.15, 0.2) is 62.7 Å². The Bertz CT molecular complexity index is 1280. The van der Waals surface area contributed by atoms with Crippen molar-refractivity contribution in [1.29, 1.82) is 0 Å². The first-order valence-corrected chi connectivity index (χ1v) is 11.8. The molecule has 3 aromatic rings. The average molecular weight is 450 g/mol. The average Bonchev–Trinajstić information content (AvgIpc) is 3.16. The van der Waals surface area contributed by atoms with Gasteiger partial charge in [-0.1, -0.05) is 5.10 Å². The summed E-state index contributed by atoms with van der Waals surface area (Å²) < 4.78 is 53.6. The first kappa shape index (κ1) is 21.6. The maximum absolute atomic E-state index is 12.3. The number of carbonyl (C=O) groups is 1. The summed E-state index contributed by atoms with van der Waals surface area (Å²) in [6, 6.07) is 11.1. The first-order chi connectivity index (χ1) is 14.0. The van der Waals surface area contributed by atoms with Crippen molar-refractivity contribution in [2.24, 2.45) is 0 Å². The van der Waals surface area contributed by atoms with E-state index in [1.807, 2.05) is 0 Å². The highest BCUT2D eigenvalue weighted by molar-refractivity contribution is 7.90. The summed E-state index contributed by atoms with van der Waals surface area (Å²) in [5.74, 6) is -0.468. The van der Waals surface area contributed by atoms with Gasteiger partial charge < -0.3 is 4.42 Å². The number of rotatable bonds is 6. The third kappa shape index (κ3) is 4.56. The van der Waals surface area contributed by atoms with Crippen molar-refractivity contribution in [2.75, 3.05) is 25.7 Å². The number of carbonyl (C=O) groups excluding carboxylic acids is 1. The molecule has 1 amide bonds. The summed E-state index contributed by atoms with van der Waals surface area (Å²) in [5.41, 5.74) is 0.679. The van der Waals surface area contributed by atoms with Crippen LogP contribution >= 0.6 is 0 Å². The van der Waals surface area contributed by atoms with Crippen LogP contribution in [0.5, 0.6) is 0 Å². The van der Waals surface area contributed by atoms with Crippen molar-refractivity contribution in [3.63, 3.8) is 0 Å². The molecule has 1 aromatic heterocycles. The standard InChI is InChI=1S/C18H18N4O6S2/c1-22(2)30(26,27)15-10-4-12(5-11-15)16(23)19-18-21-20-17(28-18)13-6-8-14(9-7-13)29(3,24)25/h4-11H,1-3H3,(H,19,21,23). The third-order valence-electron chi connectivity index (χ3n) is 4.07. The summed E-state index contributed by atoms with van der Waals surface area (Å²) in [4.78, 5) is 12.6. The molecular weight excluding hydrogens is 432 g/mol. The van der Waals surface area contributed by atoms with Gasteiger partial charge in [0.25, 0.3) is 5.91 Å². The molecule has 0 spiro atoms. The quantitative estimate of drug-likeness (QED) is 0.598. The van der Waals surface area contributed by atoms with Gasteiger partial charge in [0.05, 0.1) is 9.79 Å². The van der Waals surface area contributed by atoms with Gasteiger partial charge in [-0.05, 0) is 48.5 Å². The van der Waals surface area contributed by atoms with Crippen LogP contribution < -0.4 is 5.32 Å². The van der Waals surface area contributed by atoms with E-state index in [9.17, 15) is 21.6 Å². The van der Waals surface area contributed by atoms with Gasteiger partial charge in [-0.3, -0.25) is 10.1 Å². The fourth-order valence-corrected chi connectivity index (χ4v) is 3.93. The number of hydrogen-bond acceptors (Lipinski definition) is 8. The van der Waals surface area contributed by atoms with Gasteiger partial charge >= 0.3 is 6.01 Å². The molecule has 0 atom stereocenters. The summed E-state index contributed by atoms with van der Waals surface area (Å²) in [7, 11) is -4.09. The summed E-state index contributed by atoms with van der Waals surface area (Å²) in [6.45, 7) is 0. The minimum absolute atomic E-state index is 0.0571. The number of hydrogen-bond donors (Lipinski definition) is 1. The minimum atomic E-state index is -3.59. The predicted octanol–water partition coefficient (Wildman–Crippen LogP) is 1.64. The van der Waals surface area contributed by atoms with Crippen LogP contribution in [0.4, 0.5) is 6.01 Å². The van der Waals surface area contributed by atoms with Crippen molar-refractivity contribution in [3.8, 4) is 11.5 Å². The van der Waals surface area contributed by atoms with Gasteiger partial charge in [0.2, 0.25) is 15.9 Å². The topological polar surface area (TPSA) is 140 Å². The summed E-state index contributed by atoms with van der Waals surface area (Å²) in [6.07, 6.45) is 1.10. The zero-order valence-electron chi connectivity index (χ0n) is 16.2. The second kappa shape index (κ2) is 7.97. The van der Waals surface area contributed by atoms with Crippen LogP contribution in [0.3, 0.4) is 0 Å². The van der Waals surface area contributed by atoms with Gasteiger partial charge in [0.15, 0.2) is 9.84 Å². The number of benzene rings is 2. The molecule has 1 N–H and O–H groups in total. The Morgan fingerprint density at radius 3 is 2.00 bits per heavy atom. The molecular formula is C18H18N4O6S2. The molecule has 30 heavy (non-hydrogen) atoms. The lowest BCUT2D eigenvalue weighted by Crippen LogP contribution is -2.22. The highest BCUT2D eigenvalue weighted by atomic mass is 32.2. The largest absolute Gasteiger partial charge is 0.403 e. The number of nitrogens with one attached hydrogen (secondary N) is 1. The second-order valence-electron chi connectivity index (χ2n) is 6.47. The van der Waals surface area contributed by atoms with Crippen LogP contribution in [-0.2, 0) is 19.9 Å². The number of sulfone groups is 1. The monoisotopic (exact) mass is 450 g/mol. The Morgan fingerprint density at radius 2 is 1.47 bits per heavy atom. The molecule has 0 aliphatic rings. The van der Waals surface area contributed by atoms with Crippen LogP contribution in [0.25, 0.3) is 11.5 Å². The van der Waals surface area contributed by atoms with E-state index in [1.54, 1.807) is 0 Å².